The van der Waals surface area contributed by atoms with Crippen LogP contribution in [0, 0.1) is 10.1 Å². The summed E-state index contributed by atoms with van der Waals surface area (Å²) in [6.45, 7) is 23.4. The van der Waals surface area contributed by atoms with E-state index >= 15 is 0 Å². The number of ether oxygens (including phenoxy) is 4. The van der Waals surface area contributed by atoms with Crippen LogP contribution in [0.2, 0.25) is 0 Å². The Balaban J connectivity index is 0.000000649. The molecule has 606 valence electrons. The SMILES string of the molecule is BrBr.CC(=O)O.CC(C)(C)OC(=O)NC1CCN(C(=O)Nc2ncc(Br)s2)CC1.CC(C)(C)OC(=O)NC1CCN(C(=O)Nc2nccs2)CC1.CC(C)(C)OC(=O)NC1CCNCC1.ClCCl.NC1CCN(C(=O)Nc2ncc(Br)s2)CC1.O=C(Nc1nccs1)Oc1ccc([N+](=O)[O-])cc1.O=CC(F)(F)F. The first-order valence-electron chi connectivity index (χ1n) is 32.4. The molecule has 1 aromatic carbocycles. The molecule has 0 spiro atoms. The molecule has 4 saturated heterocycles. The van der Waals surface area contributed by atoms with Crippen LogP contribution in [-0.4, -0.2) is 204 Å². The molecule has 0 saturated carbocycles. The van der Waals surface area contributed by atoms with Crippen molar-refractivity contribution in [1.82, 2.24) is 55.9 Å². The van der Waals surface area contributed by atoms with Gasteiger partial charge < -0.3 is 65.8 Å². The lowest BCUT2D eigenvalue weighted by molar-refractivity contribution is -0.384. The number of carboxylic acids is 1. The highest BCUT2D eigenvalue weighted by Crippen LogP contribution is 2.26. The number of anilines is 4. The average molecular weight is 1910 g/mol. The second kappa shape index (κ2) is 52.5. The van der Waals surface area contributed by atoms with Crippen molar-refractivity contribution in [2.75, 3.05) is 79.0 Å². The molecule has 0 bridgehead atoms. The molecule has 33 nitrogen and oxygen atoms in total. The molecule has 5 aromatic rings. The molecule has 0 aliphatic carbocycles. The summed E-state index contributed by atoms with van der Waals surface area (Å²) in [6.07, 6.45) is 5.55. The van der Waals surface area contributed by atoms with Gasteiger partial charge in [0.1, 0.15) is 22.6 Å². The zero-order valence-corrected chi connectivity index (χ0v) is 71.6. The first-order chi connectivity index (χ1) is 50.5. The van der Waals surface area contributed by atoms with E-state index < -0.39 is 58.4 Å². The number of hydrogen-bond donors (Lipinski definition) is 10. The first-order valence-corrected chi connectivity index (χ1v) is 42.2. The first kappa shape index (κ1) is 99.4. The summed E-state index contributed by atoms with van der Waals surface area (Å²) in [5.74, 6) is -0.616. The third-order valence-corrected chi connectivity index (χ3v) is 17.1. The predicted molar refractivity (Wildman–Crippen MR) is 425 cm³/mol. The van der Waals surface area contributed by atoms with Gasteiger partial charge in [-0.1, -0.05) is 22.7 Å². The number of amides is 10. The van der Waals surface area contributed by atoms with E-state index in [1.165, 1.54) is 69.6 Å². The molecular formula is C62H90Br4Cl2F3N17O16S4. The Morgan fingerprint density at radius 3 is 1.20 bits per heavy atom. The molecule has 108 heavy (non-hydrogen) atoms. The number of hydrogen-bond acceptors (Lipinski definition) is 25. The van der Waals surface area contributed by atoms with E-state index in [1.54, 1.807) is 44.9 Å². The number of carbonyl (C=O) groups is 9. The number of aromatic nitrogens is 4. The number of carbonyl (C=O) groups excluding carboxylic acids is 8. The van der Waals surface area contributed by atoms with Crippen LogP contribution >= 0.6 is 129 Å². The van der Waals surface area contributed by atoms with Crippen LogP contribution in [0.5, 0.6) is 5.75 Å². The van der Waals surface area contributed by atoms with Crippen molar-refractivity contribution >= 4 is 210 Å². The lowest BCUT2D eigenvalue weighted by Crippen LogP contribution is -2.48. The Hall–Kier alpha value is -6.62. The van der Waals surface area contributed by atoms with Crippen LogP contribution in [0.3, 0.4) is 0 Å². The second-order valence-electron chi connectivity index (χ2n) is 25.3. The van der Waals surface area contributed by atoms with E-state index in [9.17, 15) is 56.8 Å². The number of halogens is 9. The Morgan fingerprint density at radius 2 is 0.917 bits per heavy atom. The summed E-state index contributed by atoms with van der Waals surface area (Å²) in [7, 11) is 0. The maximum absolute atomic E-state index is 12.1. The summed E-state index contributed by atoms with van der Waals surface area (Å²) >= 11 is 27.0. The number of likely N-dealkylation sites (tertiary alicyclic amines) is 3. The van der Waals surface area contributed by atoms with E-state index in [0.29, 0.717) is 72.4 Å². The molecule has 4 fully saturated rings. The van der Waals surface area contributed by atoms with Gasteiger partial charge in [0.05, 0.1) is 30.2 Å². The number of nitrogens with two attached hydrogens (primary N) is 1. The molecular weight excluding hydrogens is 1810 g/mol. The highest BCUT2D eigenvalue weighted by molar-refractivity contribution is 9.93. The van der Waals surface area contributed by atoms with Gasteiger partial charge in [-0.15, -0.1) is 45.9 Å². The molecule has 0 unspecified atom stereocenters. The quantitative estimate of drug-likeness (QED) is 0.0215. The third kappa shape index (κ3) is 49.5. The van der Waals surface area contributed by atoms with Gasteiger partial charge in [-0.3, -0.25) is 41.0 Å². The summed E-state index contributed by atoms with van der Waals surface area (Å²) in [5.41, 5.74) is 4.30. The number of rotatable bonds is 9. The molecule has 10 amide bonds. The van der Waals surface area contributed by atoms with Gasteiger partial charge >= 0.3 is 48.6 Å². The van der Waals surface area contributed by atoms with Crippen LogP contribution < -0.4 is 53.0 Å². The number of nitro groups is 1. The molecule has 0 atom stereocenters. The van der Waals surface area contributed by atoms with Gasteiger partial charge in [0.25, 0.3) is 11.7 Å². The molecule has 4 aliphatic rings. The third-order valence-electron chi connectivity index (χ3n) is 13.0. The topological polar surface area (TPSA) is 437 Å². The van der Waals surface area contributed by atoms with Crippen molar-refractivity contribution in [3.8, 4) is 5.75 Å². The van der Waals surface area contributed by atoms with E-state index in [0.717, 1.165) is 66.4 Å². The molecule has 9 rings (SSSR count). The lowest BCUT2D eigenvalue weighted by Gasteiger charge is -2.32. The van der Waals surface area contributed by atoms with Crippen LogP contribution in [0.15, 0.2) is 67.4 Å². The van der Waals surface area contributed by atoms with E-state index in [1.807, 2.05) is 67.7 Å². The number of alkyl carbamates (subject to hydrolysis) is 3. The fourth-order valence-electron chi connectivity index (χ4n) is 8.51. The van der Waals surface area contributed by atoms with Crippen LogP contribution in [0.1, 0.15) is 121 Å². The number of alkyl halides is 5. The standard InChI is InChI=1S/C14H21BrN4O3S.C14H22N4O3S.C10H7N3O4S.C10H20N2O2.C9H13BrN4OS.C2HF3O.C2H4O2.CH2Cl2.Br2/c1-14(2,3)22-13(21)17-9-4-6-19(7-5-9)12(20)18-11-16-8-10(15)23-11;1-14(2,3)21-13(20)16-10-4-7-18(8-5-10)12(19)17-11-15-6-9-22-11;14-10(12-9-11-5-6-18-9)17-8-3-1-7(2-4-8)13(15)16;1-10(2,3)14-9(13)12-8-4-6-11-7-5-8;10-7-5-12-8(16-7)13-9(15)14-3-1-6(11)2-4-14;3-2(4,5)1-6;1-2(3)4;2-1-3;1-2/h8-9H,4-7H2,1-3H3,(H,17,21)(H,16,18,20);6,9-10H,4-5,7-8H2,1-3H3,(H,16,20)(H,15,17,19);1-6H,(H,11,12,14);8,11H,4-7H2,1-3H3,(H,12,13);5-6H,1-4,11H2,(H,12,13,15);1H;1H3,(H,3,4);1H2;. The maximum Gasteiger partial charge on any atom is 0.446 e. The normalized spacial score (nSPS) is 14.5. The predicted octanol–water partition coefficient (Wildman–Crippen LogP) is 15.8. The average Bonchev–Trinajstić information content (AvgIpc) is 1.41. The van der Waals surface area contributed by atoms with E-state index in [4.69, 9.17) is 62.6 Å². The highest BCUT2D eigenvalue weighted by atomic mass is 80.9. The number of non-ortho nitro benzene ring substituents is 1. The molecule has 46 heteroatoms. The summed E-state index contributed by atoms with van der Waals surface area (Å²) in [5, 5.41) is 46.3. The number of aldehydes is 1. The fourth-order valence-corrected chi connectivity index (χ4v) is 11.7. The molecule has 8 heterocycles. The lowest BCUT2D eigenvalue weighted by atomic mass is 10.1. The minimum absolute atomic E-state index is 0.0305. The van der Waals surface area contributed by atoms with Crippen LogP contribution in [0.4, 0.5) is 72.9 Å². The van der Waals surface area contributed by atoms with Crippen molar-refractivity contribution in [2.24, 2.45) is 5.73 Å². The number of piperidine rings is 4. The van der Waals surface area contributed by atoms with Gasteiger partial charge in [0, 0.05) is 134 Å². The zero-order chi connectivity index (χ0) is 81.8. The smallest absolute Gasteiger partial charge is 0.446 e. The van der Waals surface area contributed by atoms with E-state index in [-0.39, 0.29) is 65.1 Å². The zero-order valence-electron chi connectivity index (χ0n) is 60.4. The number of nitrogens with zero attached hydrogens (tertiary/aromatic N) is 8. The Kier molecular flexibility index (Phi) is 48.3. The molecule has 11 N–H and O–H groups in total. The number of carboxylic acid groups (broad SMARTS) is 1. The molecule has 4 aromatic heterocycles. The van der Waals surface area contributed by atoms with E-state index in [2.05, 4.69) is 123 Å². The number of aliphatic carboxylic acids is 1. The Bertz CT molecular complexity index is 3460. The molecule has 4 aliphatic heterocycles. The van der Waals surface area contributed by atoms with Gasteiger partial charge in [-0.05, 0) is 171 Å². The van der Waals surface area contributed by atoms with Gasteiger partial charge in [0.15, 0.2) is 20.5 Å². The Morgan fingerprint density at radius 1 is 0.602 bits per heavy atom. The van der Waals surface area contributed by atoms with Crippen molar-refractivity contribution in [3.05, 3.63) is 77.5 Å². The second-order valence-corrected chi connectivity index (χ2v) is 32.7. The summed E-state index contributed by atoms with van der Waals surface area (Å²) < 4.78 is 53.6. The highest BCUT2D eigenvalue weighted by Gasteiger charge is 2.30. The van der Waals surface area contributed by atoms with Crippen LogP contribution in [-0.2, 0) is 23.8 Å². The van der Waals surface area contributed by atoms with Gasteiger partial charge in [-0.2, -0.15) is 13.2 Å². The fraction of sp³-hybridized carbons (Fsp3) is 0.565. The maximum atomic E-state index is 12.1. The van der Waals surface area contributed by atoms with Crippen molar-refractivity contribution in [1.29, 1.82) is 0 Å². The number of thiazole rings is 4. The number of benzene rings is 1. The Labute approximate surface area is 681 Å². The summed E-state index contributed by atoms with van der Waals surface area (Å²) in [6, 6.07) is 5.38. The molecule has 0 radical (unpaired) electrons. The number of urea groups is 3. The summed E-state index contributed by atoms with van der Waals surface area (Å²) in [4.78, 5) is 131. The monoisotopic (exact) mass is 1900 g/mol. The number of nitrogens with one attached hydrogen (secondary N) is 8. The largest absolute Gasteiger partial charge is 0.481 e. The van der Waals surface area contributed by atoms with Gasteiger partial charge in [-0.25, -0.2) is 53.5 Å². The van der Waals surface area contributed by atoms with Crippen molar-refractivity contribution < 1.29 is 85.3 Å². The van der Waals surface area contributed by atoms with Crippen molar-refractivity contribution in [3.63, 3.8) is 0 Å². The van der Waals surface area contributed by atoms with Gasteiger partial charge in [0.2, 0.25) is 6.29 Å². The van der Waals surface area contributed by atoms with Crippen LogP contribution in [0.25, 0.3) is 0 Å². The minimum Gasteiger partial charge on any atom is -0.481 e. The minimum atomic E-state index is -4.64. The van der Waals surface area contributed by atoms with Crippen molar-refractivity contribution in [2.45, 2.75) is 168 Å². The number of nitro benzene ring substituents is 1.